The van der Waals surface area contributed by atoms with Crippen molar-refractivity contribution in [2.45, 2.75) is 19.0 Å². The van der Waals surface area contributed by atoms with Crippen LogP contribution in [0.3, 0.4) is 0 Å². The van der Waals surface area contributed by atoms with Gasteiger partial charge in [-0.25, -0.2) is 0 Å². The van der Waals surface area contributed by atoms with Crippen LogP contribution >= 0.6 is 0 Å². The van der Waals surface area contributed by atoms with Crippen molar-refractivity contribution < 1.29 is 22.7 Å². The van der Waals surface area contributed by atoms with Crippen molar-refractivity contribution >= 4 is 5.78 Å². The summed E-state index contributed by atoms with van der Waals surface area (Å²) in [6, 6.07) is 5.62. The van der Waals surface area contributed by atoms with Crippen molar-refractivity contribution in [1.29, 1.82) is 0 Å². The SMILES string of the molecule is O=C1CCCOc2cc(-c3cc(C(F)(F)F)[nH]n3)ccc21. The number of nitrogens with one attached hydrogen (secondary N) is 1. The monoisotopic (exact) mass is 296 g/mol. The highest BCUT2D eigenvalue weighted by molar-refractivity contribution is 5.99. The fourth-order valence-corrected chi connectivity index (χ4v) is 2.20. The summed E-state index contributed by atoms with van der Waals surface area (Å²) < 4.78 is 43.1. The van der Waals surface area contributed by atoms with Gasteiger partial charge in [-0.3, -0.25) is 9.89 Å². The van der Waals surface area contributed by atoms with Crippen LogP contribution in [0.2, 0.25) is 0 Å². The van der Waals surface area contributed by atoms with E-state index in [0.29, 0.717) is 36.3 Å². The van der Waals surface area contributed by atoms with Crippen molar-refractivity contribution in [2.75, 3.05) is 6.61 Å². The van der Waals surface area contributed by atoms with Gasteiger partial charge >= 0.3 is 6.18 Å². The topological polar surface area (TPSA) is 55.0 Å². The number of nitrogens with zero attached hydrogens (tertiary/aromatic N) is 1. The zero-order valence-electron chi connectivity index (χ0n) is 10.8. The molecular weight excluding hydrogens is 285 g/mol. The third-order valence-corrected chi connectivity index (χ3v) is 3.27. The van der Waals surface area contributed by atoms with E-state index in [9.17, 15) is 18.0 Å². The summed E-state index contributed by atoms with van der Waals surface area (Å²) in [4.78, 5) is 11.8. The molecule has 0 atom stereocenters. The number of carbonyl (C=O) groups excluding carboxylic acids is 1. The number of aromatic nitrogens is 2. The minimum absolute atomic E-state index is 0.0212. The van der Waals surface area contributed by atoms with Gasteiger partial charge in [-0.15, -0.1) is 0 Å². The number of ketones is 1. The Labute approximate surface area is 117 Å². The molecule has 1 aliphatic rings. The molecular formula is C14H11F3N2O2. The number of fused-ring (bicyclic) bond motifs is 1. The maximum atomic E-state index is 12.6. The molecule has 0 radical (unpaired) electrons. The average Bonchev–Trinajstić information content (AvgIpc) is 2.86. The van der Waals surface area contributed by atoms with Crippen molar-refractivity contribution in [3.8, 4) is 17.0 Å². The van der Waals surface area contributed by atoms with Crippen molar-refractivity contribution in [3.05, 3.63) is 35.5 Å². The van der Waals surface area contributed by atoms with Gasteiger partial charge in [0.1, 0.15) is 11.4 Å². The normalized spacial score (nSPS) is 15.3. The standard InChI is InChI=1S/C14H11F3N2O2/c15-14(16,17)13-7-10(18-19-13)8-3-4-9-11(20)2-1-5-21-12(9)6-8/h3-4,6-7H,1-2,5H2,(H,18,19). The Kier molecular flexibility index (Phi) is 3.19. The molecule has 110 valence electrons. The minimum Gasteiger partial charge on any atom is -0.493 e. The Morgan fingerprint density at radius 2 is 2.05 bits per heavy atom. The van der Waals surface area contributed by atoms with Gasteiger partial charge in [0, 0.05) is 12.0 Å². The van der Waals surface area contributed by atoms with Crippen LogP contribution in [-0.4, -0.2) is 22.6 Å². The lowest BCUT2D eigenvalue weighted by atomic mass is 10.0. The summed E-state index contributed by atoms with van der Waals surface area (Å²) in [6.07, 6.45) is -3.43. The molecule has 0 fully saturated rings. The van der Waals surface area contributed by atoms with Gasteiger partial charge in [0.25, 0.3) is 0 Å². The number of halogens is 3. The first-order valence-corrected chi connectivity index (χ1v) is 6.38. The van der Waals surface area contributed by atoms with E-state index in [-0.39, 0.29) is 11.5 Å². The quantitative estimate of drug-likeness (QED) is 0.877. The van der Waals surface area contributed by atoms with Crippen LogP contribution in [0.25, 0.3) is 11.3 Å². The van der Waals surface area contributed by atoms with Crippen LogP contribution in [-0.2, 0) is 6.18 Å². The zero-order chi connectivity index (χ0) is 15.0. The summed E-state index contributed by atoms with van der Waals surface area (Å²) >= 11 is 0. The first kappa shape index (κ1) is 13.7. The summed E-state index contributed by atoms with van der Waals surface area (Å²) in [5, 5.41) is 5.62. The van der Waals surface area contributed by atoms with E-state index in [1.165, 1.54) is 0 Å². The molecule has 0 bridgehead atoms. The highest BCUT2D eigenvalue weighted by Gasteiger charge is 2.33. The molecule has 21 heavy (non-hydrogen) atoms. The van der Waals surface area contributed by atoms with E-state index >= 15 is 0 Å². The van der Waals surface area contributed by atoms with Gasteiger partial charge in [0.2, 0.25) is 0 Å². The Balaban J connectivity index is 1.99. The van der Waals surface area contributed by atoms with Gasteiger partial charge in [0.05, 0.1) is 17.9 Å². The summed E-state index contributed by atoms with van der Waals surface area (Å²) in [7, 11) is 0. The van der Waals surface area contributed by atoms with E-state index in [2.05, 4.69) is 5.10 Å². The lowest BCUT2D eigenvalue weighted by molar-refractivity contribution is -0.141. The van der Waals surface area contributed by atoms with E-state index in [1.807, 2.05) is 5.10 Å². The minimum atomic E-state index is -4.47. The molecule has 3 rings (SSSR count). The molecule has 0 amide bonds. The number of ether oxygens (including phenoxy) is 1. The third kappa shape index (κ3) is 2.63. The van der Waals surface area contributed by atoms with Crippen LogP contribution < -0.4 is 4.74 Å². The summed E-state index contributed by atoms with van der Waals surface area (Å²) in [5.74, 6) is 0.374. The zero-order valence-corrected chi connectivity index (χ0v) is 10.8. The first-order chi connectivity index (χ1) is 9.95. The lowest BCUT2D eigenvalue weighted by Gasteiger charge is -2.07. The summed E-state index contributed by atoms with van der Waals surface area (Å²) in [5.41, 5.74) is 0.174. The Bertz CT molecular complexity index is 692. The number of alkyl halides is 3. The molecule has 1 aromatic carbocycles. The number of rotatable bonds is 1. The molecule has 0 spiro atoms. The van der Waals surface area contributed by atoms with Crippen LogP contribution in [0.5, 0.6) is 5.75 Å². The van der Waals surface area contributed by atoms with Crippen LogP contribution in [0.4, 0.5) is 13.2 Å². The Morgan fingerprint density at radius 3 is 2.76 bits per heavy atom. The van der Waals surface area contributed by atoms with Gasteiger partial charge in [-0.2, -0.15) is 18.3 Å². The first-order valence-electron chi connectivity index (χ1n) is 6.38. The molecule has 0 saturated heterocycles. The van der Waals surface area contributed by atoms with Crippen molar-refractivity contribution in [3.63, 3.8) is 0 Å². The number of aromatic amines is 1. The predicted octanol–water partition coefficient (Wildman–Crippen LogP) is 3.45. The smallest absolute Gasteiger partial charge is 0.432 e. The van der Waals surface area contributed by atoms with Gasteiger partial charge in [0.15, 0.2) is 5.78 Å². The van der Waals surface area contributed by atoms with Crippen LogP contribution in [0, 0.1) is 0 Å². The molecule has 2 heterocycles. The highest BCUT2D eigenvalue weighted by Crippen LogP contribution is 2.33. The average molecular weight is 296 g/mol. The number of H-pyrrole nitrogens is 1. The maximum Gasteiger partial charge on any atom is 0.432 e. The molecule has 2 aromatic rings. The van der Waals surface area contributed by atoms with Crippen molar-refractivity contribution in [2.24, 2.45) is 0 Å². The number of Topliss-reactive ketones (excluding diaryl/α,β-unsaturated/α-hetero) is 1. The second kappa shape index (κ2) is 4.91. The molecule has 1 aliphatic heterocycles. The molecule has 1 aromatic heterocycles. The number of benzene rings is 1. The Morgan fingerprint density at radius 1 is 1.24 bits per heavy atom. The molecule has 0 saturated carbocycles. The fraction of sp³-hybridized carbons (Fsp3) is 0.286. The Hall–Kier alpha value is -2.31. The van der Waals surface area contributed by atoms with Gasteiger partial charge < -0.3 is 4.74 Å². The van der Waals surface area contributed by atoms with E-state index in [1.54, 1.807) is 18.2 Å². The highest BCUT2D eigenvalue weighted by atomic mass is 19.4. The van der Waals surface area contributed by atoms with E-state index in [4.69, 9.17) is 4.74 Å². The van der Waals surface area contributed by atoms with Gasteiger partial charge in [-0.1, -0.05) is 6.07 Å². The molecule has 7 heteroatoms. The van der Waals surface area contributed by atoms with Gasteiger partial charge in [-0.05, 0) is 24.6 Å². The second-order valence-electron chi connectivity index (χ2n) is 4.75. The lowest BCUT2D eigenvalue weighted by Crippen LogP contribution is -2.04. The molecule has 4 nitrogen and oxygen atoms in total. The van der Waals surface area contributed by atoms with Crippen LogP contribution in [0.1, 0.15) is 28.9 Å². The van der Waals surface area contributed by atoms with Crippen molar-refractivity contribution in [1.82, 2.24) is 10.2 Å². The largest absolute Gasteiger partial charge is 0.493 e. The van der Waals surface area contributed by atoms with E-state index < -0.39 is 11.9 Å². The number of hydrogen-bond acceptors (Lipinski definition) is 3. The predicted molar refractivity (Wildman–Crippen MR) is 68.1 cm³/mol. The van der Waals surface area contributed by atoms with Crippen LogP contribution in [0.15, 0.2) is 24.3 Å². The number of carbonyl (C=O) groups is 1. The molecule has 0 unspecified atom stereocenters. The van der Waals surface area contributed by atoms with E-state index in [0.717, 1.165) is 6.07 Å². The molecule has 0 aliphatic carbocycles. The second-order valence-corrected chi connectivity index (χ2v) is 4.75. The maximum absolute atomic E-state index is 12.6. The third-order valence-electron chi connectivity index (χ3n) is 3.27. The number of hydrogen-bond donors (Lipinski definition) is 1. The fourth-order valence-electron chi connectivity index (χ4n) is 2.20. The molecule has 1 N–H and O–H groups in total. The summed E-state index contributed by atoms with van der Waals surface area (Å²) in [6.45, 7) is 0.413.